The summed E-state index contributed by atoms with van der Waals surface area (Å²) in [6.45, 7) is 0.193. The second-order valence-electron chi connectivity index (χ2n) is 4.43. The van der Waals surface area contributed by atoms with Crippen molar-refractivity contribution < 1.29 is 14.0 Å². The molecule has 0 spiro atoms. The summed E-state index contributed by atoms with van der Waals surface area (Å²) in [6.07, 6.45) is 0. The minimum absolute atomic E-state index is 0.0332. The molecular weight excluding hydrogens is 258 g/mol. The lowest BCUT2D eigenvalue weighted by molar-refractivity contribution is -0.115. The molecule has 0 unspecified atom stereocenters. The molecule has 0 aliphatic carbocycles. The zero-order valence-electron chi connectivity index (χ0n) is 10.6. The highest BCUT2D eigenvalue weighted by Crippen LogP contribution is 2.30. The number of nitrogens with two attached hydrogens (primary N) is 1. The lowest BCUT2D eigenvalue weighted by Crippen LogP contribution is -2.42. The third kappa shape index (κ3) is 2.06. The van der Waals surface area contributed by atoms with E-state index in [-0.39, 0.29) is 30.7 Å². The number of nitrogens with one attached hydrogen (secondary N) is 1. The molecule has 1 aromatic heterocycles. The highest BCUT2D eigenvalue weighted by atomic mass is 16.4. The maximum Gasteiger partial charge on any atom is 0.294 e. The van der Waals surface area contributed by atoms with Gasteiger partial charge in [0, 0.05) is 0 Å². The van der Waals surface area contributed by atoms with Gasteiger partial charge < -0.3 is 15.5 Å². The standard InChI is InChI=1S/C14H13N3O3/c15-7-9-5-6-12(20-9)14(19)17-8-13(18)16-10-3-1-2-4-11(10)17/h1-6H,7-8,15H2,(H,16,18). The molecule has 0 saturated carbocycles. The molecule has 0 bridgehead atoms. The van der Waals surface area contributed by atoms with Crippen LogP contribution in [-0.4, -0.2) is 18.4 Å². The maximum absolute atomic E-state index is 12.4. The normalized spacial score (nSPS) is 13.8. The molecule has 3 rings (SSSR count). The van der Waals surface area contributed by atoms with E-state index in [1.165, 1.54) is 4.90 Å². The van der Waals surface area contributed by atoms with Gasteiger partial charge in [-0.05, 0) is 24.3 Å². The molecule has 0 radical (unpaired) electrons. The molecule has 2 heterocycles. The average Bonchev–Trinajstić information content (AvgIpc) is 2.94. The van der Waals surface area contributed by atoms with Gasteiger partial charge in [-0.1, -0.05) is 12.1 Å². The van der Waals surface area contributed by atoms with E-state index in [1.54, 1.807) is 30.3 Å². The van der Waals surface area contributed by atoms with Crippen LogP contribution >= 0.6 is 0 Å². The van der Waals surface area contributed by atoms with Crippen molar-refractivity contribution in [2.75, 3.05) is 16.8 Å². The molecule has 0 saturated heterocycles. The second-order valence-corrected chi connectivity index (χ2v) is 4.43. The number of fused-ring (bicyclic) bond motifs is 1. The van der Waals surface area contributed by atoms with Gasteiger partial charge in [-0.2, -0.15) is 0 Å². The van der Waals surface area contributed by atoms with Crippen LogP contribution in [0.15, 0.2) is 40.8 Å². The first-order valence-electron chi connectivity index (χ1n) is 6.18. The second kappa shape index (κ2) is 4.82. The van der Waals surface area contributed by atoms with Crippen molar-refractivity contribution in [1.82, 2.24) is 0 Å². The van der Waals surface area contributed by atoms with Gasteiger partial charge >= 0.3 is 0 Å². The third-order valence-corrected chi connectivity index (χ3v) is 3.09. The predicted octanol–water partition coefficient (Wildman–Crippen LogP) is 1.34. The summed E-state index contributed by atoms with van der Waals surface area (Å²) in [7, 11) is 0. The Morgan fingerprint density at radius 1 is 1.30 bits per heavy atom. The molecule has 3 N–H and O–H groups in total. The van der Waals surface area contributed by atoms with E-state index in [0.717, 1.165) is 0 Å². The maximum atomic E-state index is 12.4. The summed E-state index contributed by atoms with van der Waals surface area (Å²) in [5.74, 6) is 0.118. The first kappa shape index (κ1) is 12.4. The van der Waals surface area contributed by atoms with Crippen molar-refractivity contribution in [1.29, 1.82) is 0 Å². The molecular formula is C14H13N3O3. The zero-order valence-corrected chi connectivity index (χ0v) is 10.6. The van der Waals surface area contributed by atoms with Crippen LogP contribution in [0.25, 0.3) is 0 Å². The van der Waals surface area contributed by atoms with E-state index in [2.05, 4.69) is 5.32 Å². The third-order valence-electron chi connectivity index (χ3n) is 3.09. The van der Waals surface area contributed by atoms with Gasteiger partial charge in [0.05, 0.1) is 17.9 Å². The fraction of sp³-hybridized carbons (Fsp3) is 0.143. The summed E-state index contributed by atoms with van der Waals surface area (Å²) >= 11 is 0. The SMILES string of the molecule is NCc1ccc(C(=O)N2CC(=O)Nc3ccccc32)o1. The van der Waals surface area contributed by atoms with Gasteiger partial charge in [-0.25, -0.2) is 0 Å². The van der Waals surface area contributed by atoms with Crippen molar-refractivity contribution in [2.24, 2.45) is 5.73 Å². The van der Waals surface area contributed by atoms with E-state index >= 15 is 0 Å². The minimum atomic E-state index is -0.355. The molecule has 20 heavy (non-hydrogen) atoms. The largest absolute Gasteiger partial charge is 0.455 e. The lowest BCUT2D eigenvalue weighted by Gasteiger charge is -2.28. The number of anilines is 2. The fourth-order valence-corrected chi connectivity index (χ4v) is 2.15. The number of hydrogen-bond acceptors (Lipinski definition) is 4. The predicted molar refractivity (Wildman–Crippen MR) is 73.3 cm³/mol. The molecule has 0 fully saturated rings. The molecule has 1 aliphatic rings. The minimum Gasteiger partial charge on any atom is -0.455 e. The van der Waals surface area contributed by atoms with Crippen molar-refractivity contribution in [3.63, 3.8) is 0 Å². The van der Waals surface area contributed by atoms with Crippen LogP contribution < -0.4 is 16.0 Å². The van der Waals surface area contributed by atoms with Crippen LogP contribution in [0.1, 0.15) is 16.3 Å². The Hall–Kier alpha value is -2.60. The number of benzene rings is 1. The Morgan fingerprint density at radius 3 is 2.85 bits per heavy atom. The number of carbonyl (C=O) groups is 2. The van der Waals surface area contributed by atoms with Gasteiger partial charge in [0.1, 0.15) is 12.3 Å². The topological polar surface area (TPSA) is 88.6 Å². The summed E-state index contributed by atoms with van der Waals surface area (Å²) in [4.78, 5) is 25.5. The smallest absolute Gasteiger partial charge is 0.294 e. The summed E-state index contributed by atoms with van der Waals surface area (Å²) < 4.78 is 5.35. The highest BCUT2D eigenvalue weighted by molar-refractivity contribution is 6.14. The number of para-hydroxylation sites is 2. The van der Waals surface area contributed by atoms with Crippen molar-refractivity contribution in [2.45, 2.75) is 6.54 Å². The van der Waals surface area contributed by atoms with Crippen LogP contribution in [0.3, 0.4) is 0 Å². The Morgan fingerprint density at radius 2 is 2.10 bits per heavy atom. The molecule has 0 atom stereocenters. The number of rotatable bonds is 2. The Labute approximate surface area is 115 Å². The van der Waals surface area contributed by atoms with Crippen molar-refractivity contribution in [3.05, 3.63) is 47.9 Å². The van der Waals surface area contributed by atoms with Gasteiger partial charge in [0.25, 0.3) is 5.91 Å². The molecule has 6 nitrogen and oxygen atoms in total. The highest BCUT2D eigenvalue weighted by Gasteiger charge is 2.28. The first-order chi connectivity index (χ1) is 9.69. The van der Waals surface area contributed by atoms with Crippen LogP contribution in [-0.2, 0) is 11.3 Å². The van der Waals surface area contributed by atoms with E-state index in [1.807, 2.05) is 6.07 Å². The van der Waals surface area contributed by atoms with E-state index in [4.69, 9.17) is 10.2 Å². The number of carbonyl (C=O) groups excluding carboxylic acids is 2. The molecule has 2 aromatic rings. The molecule has 6 heteroatoms. The average molecular weight is 271 g/mol. The van der Waals surface area contributed by atoms with E-state index in [9.17, 15) is 9.59 Å². The van der Waals surface area contributed by atoms with Crippen molar-refractivity contribution in [3.8, 4) is 0 Å². The van der Waals surface area contributed by atoms with E-state index < -0.39 is 0 Å². The number of hydrogen-bond donors (Lipinski definition) is 2. The van der Waals surface area contributed by atoms with Crippen molar-refractivity contribution >= 4 is 23.2 Å². The Balaban J connectivity index is 1.97. The number of furan rings is 1. The first-order valence-corrected chi connectivity index (χ1v) is 6.18. The Bertz CT molecular complexity index is 678. The number of nitrogens with zero attached hydrogens (tertiary/aromatic N) is 1. The van der Waals surface area contributed by atoms with Crippen LogP contribution in [0.4, 0.5) is 11.4 Å². The lowest BCUT2D eigenvalue weighted by atomic mass is 10.2. The summed E-state index contributed by atoms with van der Waals surface area (Å²) in [5, 5.41) is 2.73. The van der Waals surface area contributed by atoms with E-state index in [0.29, 0.717) is 17.1 Å². The van der Waals surface area contributed by atoms with Crippen LogP contribution in [0.5, 0.6) is 0 Å². The Kier molecular flexibility index (Phi) is 3.00. The molecule has 1 aromatic carbocycles. The van der Waals surface area contributed by atoms with Gasteiger partial charge in [0.2, 0.25) is 5.91 Å². The molecule has 102 valence electrons. The monoisotopic (exact) mass is 271 g/mol. The summed E-state index contributed by atoms with van der Waals surface area (Å²) in [6, 6.07) is 10.4. The number of amides is 2. The summed E-state index contributed by atoms with van der Waals surface area (Å²) in [5.41, 5.74) is 6.73. The van der Waals surface area contributed by atoms with Gasteiger partial charge in [-0.3, -0.25) is 14.5 Å². The van der Waals surface area contributed by atoms with Gasteiger partial charge in [-0.15, -0.1) is 0 Å². The zero-order chi connectivity index (χ0) is 14.1. The van der Waals surface area contributed by atoms with Crippen LogP contribution in [0, 0.1) is 0 Å². The fourth-order valence-electron chi connectivity index (χ4n) is 2.15. The van der Waals surface area contributed by atoms with Crippen LogP contribution in [0.2, 0.25) is 0 Å². The molecule has 2 amide bonds. The van der Waals surface area contributed by atoms with Gasteiger partial charge in [0.15, 0.2) is 5.76 Å². The molecule has 1 aliphatic heterocycles. The quantitative estimate of drug-likeness (QED) is 0.862.